The van der Waals surface area contributed by atoms with Crippen molar-refractivity contribution < 1.29 is 0 Å². The van der Waals surface area contributed by atoms with Crippen LogP contribution in [-0.2, 0) is 5.54 Å². The van der Waals surface area contributed by atoms with Crippen LogP contribution in [0.25, 0.3) is 10.2 Å². The molecular formula is C12H14N2S. The molecule has 2 N–H and O–H groups in total. The second-order valence-electron chi connectivity index (χ2n) is 4.38. The summed E-state index contributed by atoms with van der Waals surface area (Å²) in [4.78, 5) is 4.45. The molecule has 1 aliphatic carbocycles. The van der Waals surface area contributed by atoms with E-state index < -0.39 is 0 Å². The maximum Gasteiger partial charge on any atom is 0.0809 e. The molecule has 0 aliphatic heterocycles. The number of pyridine rings is 1. The van der Waals surface area contributed by atoms with Crippen molar-refractivity contribution in [1.29, 1.82) is 0 Å². The quantitative estimate of drug-likeness (QED) is 0.841. The molecule has 2 heterocycles. The summed E-state index contributed by atoms with van der Waals surface area (Å²) in [6.07, 6.45) is 4.23. The number of fused-ring (bicyclic) bond motifs is 1. The Morgan fingerprint density at radius 2 is 2.53 bits per heavy atom. The van der Waals surface area contributed by atoms with Gasteiger partial charge >= 0.3 is 0 Å². The first kappa shape index (κ1) is 9.31. The maximum atomic E-state index is 6.35. The summed E-state index contributed by atoms with van der Waals surface area (Å²) >= 11 is 1.74. The van der Waals surface area contributed by atoms with Gasteiger partial charge in [-0.1, -0.05) is 13.3 Å². The molecule has 0 bridgehead atoms. The molecule has 0 amide bonds. The predicted molar refractivity (Wildman–Crippen MR) is 63.9 cm³/mol. The molecule has 2 nitrogen and oxygen atoms in total. The van der Waals surface area contributed by atoms with Crippen molar-refractivity contribution in [1.82, 2.24) is 4.98 Å². The zero-order valence-corrected chi connectivity index (χ0v) is 9.55. The van der Waals surface area contributed by atoms with Gasteiger partial charge in [-0.2, -0.15) is 0 Å². The van der Waals surface area contributed by atoms with Gasteiger partial charge in [-0.25, -0.2) is 0 Å². The highest BCUT2D eigenvalue weighted by atomic mass is 32.1. The van der Waals surface area contributed by atoms with Crippen LogP contribution in [0.3, 0.4) is 0 Å². The molecule has 2 aromatic heterocycles. The largest absolute Gasteiger partial charge is 0.321 e. The minimum absolute atomic E-state index is 0.0834. The van der Waals surface area contributed by atoms with E-state index >= 15 is 0 Å². The van der Waals surface area contributed by atoms with E-state index in [4.69, 9.17) is 5.73 Å². The molecule has 2 atom stereocenters. The number of aromatic nitrogens is 1. The van der Waals surface area contributed by atoms with Crippen molar-refractivity contribution in [3.8, 4) is 0 Å². The lowest BCUT2D eigenvalue weighted by molar-refractivity contribution is 0.614. The Balaban J connectivity index is 2.05. The van der Waals surface area contributed by atoms with E-state index in [-0.39, 0.29) is 5.54 Å². The Labute approximate surface area is 93.1 Å². The highest BCUT2D eigenvalue weighted by Gasteiger charge is 2.51. The van der Waals surface area contributed by atoms with Crippen molar-refractivity contribution in [3.63, 3.8) is 0 Å². The number of thiophene rings is 1. The highest BCUT2D eigenvalue weighted by Crippen LogP contribution is 2.51. The van der Waals surface area contributed by atoms with Gasteiger partial charge in [0.25, 0.3) is 0 Å². The third-order valence-electron chi connectivity index (χ3n) is 3.49. The van der Waals surface area contributed by atoms with Gasteiger partial charge in [-0.05, 0) is 35.4 Å². The van der Waals surface area contributed by atoms with Gasteiger partial charge in [-0.3, -0.25) is 4.98 Å². The van der Waals surface area contributed by atoms with Gasteiger partial charge in [0.15, 0.2) is 0 Å². The number of hydrogen-bond acceptors (Lipinski definition) is 3. The normalized spacial score (nSPS) is 29.6. The minimum atomic E-state index is -0.0834. The smallest absolute Gasteiger partial charge is 0.0809 e. The maximum absolute atomic E-state index is 6.35. The van der Waals surface area contributed by atoms with Crippen LogP contribution in [0, 0.1) is 5.92 Å². The first-order valence-corrected chi connectivity index (χ1v) is 6.24. The third kappa shape index (κ3) is 1.30. The number of rotatable bonds is 2. The summed E-state index contributed by atoms with van der Waals surface area (Å²) < 4.78 is 1.25. The van der Waals surface area contributed by atoms with Gasteiger partial charge in [-0.15, -0.1) is 11.3 Å². The van der Waals surface area contributed by atoms with E-state index in [0.29, 0.717) is 5.92 Å². The number of nitrogens with two attached hydrogens (primary N) is 1. The zero-order valence-electron chi connectivity index (χ0n) is 8.73. The standard InChI is InChI=1S/C12H14N2S/c1-2-8-6-12(8,13)9-5-11-10(14-7-9)3-4-15-11/h3-5,7-8H,2,6,13H2,1H3. The molecule has 78 valence electrons. The van der Waals surface area contributed by atoms with E-state index in [2.05, 4.69) is 29.4 Å². The molecular weight excluding hydrogens is 204 g/mol. The molecule has 2 aromatic rings. The summed E-state index contributed by atoms with van der Waals surface area (Å²) in [6.45, 7) is 2.20. The van der Waals surface area contributed by atoms with E-state index in [1.165, 1.54) is 16.7 Å². The van der Waals surface area contributed by atoms with Crippen molar-refractivity contribution in [2.24, 2.45) is 11.7 Å². The summed E-state index contributed by atoms with van der Waals surface area (Å²) in [5, 5.41) is 2.08. The van der Waals surface area contributed by atoms with Crippen molar-refractivity contribution in [3.05, 3.63) is 29.3 Å². The van der Waals surface area contributed by atoms with Crippen LogP contribution < -0.4 is 5.73 Å². The molecule has 0 spiro atoms. The van der Waals surface area contributed by atoms with Crippen LogP contribution in [0.5, 0.6) is 0 Å². The van der Waals surface area contributed by atoms with E-state index in [9.17, 15) is 0 Å². The molecule has 0 saturated heterocycles. The van der Waals surface area contributed by atoms with Gasteiger partial charge in [0.2, 0.25) is 0 Å². The molecule has 0 aromatic carbocycles. The Morgan fingerprint density at radius 3 is 3.27 bits per heavy atom. The number of hydrogen-bond donors (Lipinski definition) is 1. The fourth-order valence-corrected chi connectivity index (χ4v) is 3.09. The Kier molecular flexibility index (Phi) is 1.88. The molecule has 0 radical (unpaired) electrons. The lowest BCUT2D eigenvalue weighted by atomic mass is 10.0. The average Bonchev–Trinajstić information content (AvgIpc) is 2.74. The Morgan fingerprint density at radius 1 is 1.67 bits per heavy atom. The van der Waals surface area contributed by atoms with E-state index in [0.717, 1.165) is 11.9 Å². The summed E-state index contributed by atoms with van der Waals surface area (Å²) in [5.41, 5.74) is 8.56. The molecule has 1 fully saturated rings. The van der Waals surface area contributed by atoms with Gasteiger partial charge in [0, 0.05) is 11.7 Å². The monoisotopic (exact) mass is 218 g/mol. The first-order valence-electron chi connectivity index (χ1n) is 5.36. The van der Waals surface area contributed by atoms with Crippen LogP contribution in [0.2, 0.25) is 0 Å². The second-order valence-corrected chi connectivity index (χ2v) is 5.33. The van der Waals surface area contributed by atoms with Gasteiger partial charge in [0.05, 0.1) is 10.2 Å². The van der Waals surface area contributed by atoms with Crippen molar-refractivity contribution >= 4 is 21.6 Å². The summed E-state index contributed by atoms with van der Waals surface area (Å²) in [5.74, 6) is 0.650. The first-order chi connectivity index (χ1) is 7.24. The highest BCUT2D eigenvalue weighted by molar-refractivity contribution is 7.17. The molecule has 2 unspecified atom stereocenters. The van der Waals surface area contributed by atoms with Crippen LogP contribution in [-0.4, -0.2) is 4.98 Å². The fourth-order valence-electron chi connectivity index (χ4n) is 2.31. The zero-order chi connectivity index (χ0) is 10.5. The van der Waals surface area contributed by atoms with Crippen LogP contribution in [0.15, 0.2) is 23.7 Å². The Bertz CT molecular complexity index is 505. The van der Waals surface area contributed by atoms with Gasteiger partial charge < -0.3 is 5.73 Å². The van der Waals surface area contributed by atoms with Crippen molar-refractivity contribution in [2.45, 2.75) is 25.3 Å². The predicted octanol–water partition coefficient (Wildman–Crippen LogP) is 2.88. The summed E-state index contributed by atoms with van der Waals surface area (Å²) in [7, 11) is 0. The van der Waals surface area contributed by atoms with E-state index in [1.54, 1.807) is 11.3 Å². The minimum Gasteiger partial charge on any atom is -0.321 e. The van der Waals surface area contributed by atoms with Crippen LogP contribution in [0.1, 0.15) is 25.3 Å². The molecule has 15 heavy (non-hydrogen) atoms. The lowest BCUT2D eigenvalue weighted by Crippen LogP contribution is -2.22. The summed E-state index contributed by atoms with van der Waals surface area (Å²) in [6, 6.07) is 4.26. The molecule has 1 aliphatic rings. The molecule has 3 rings (SSSR count). The second kappa shape index (κ2) is 3.03. The number of nitrogens with zero attached hydrogens (tertiary/aromatic N) is 1. The van der Waals surface area contributed by atoms with Crippen LogP contribution >= 0.6 is 11.3 Å². The van der Waals surface area contributed by atoms with Gasteiger partial charge in [0.1, 0.15) is 0 Å². The topological polar surface area (TPSA) is 38.9 Å². The average molecular weight is 218 g/mol. The third-order valence-corrected chi connectivity index (χ3v) is 4.34. The SMILES string of the molecule is CCC1CC1(N)c1cnc2ccsc2c1. The van der Waals surface area contributed by atoms with Crippen LogP contribution in [0.4, 0.5) is 0 Å². The Hall–Kier alpha value is -0.930. The molecule has 1 saturated carbocycles. The molecule has 3 heteroatoms. The van der Waals surface area contributed by atoms with E-state index in [1.807, 2.05) is 6.20 Å². The fraction of sp³-hybridized carbons (Fsp3) is 0.417. The lowest BCUT2D eigenvalue weighted by Gasteiger charge is -2.10. The van der Waals surface area contributed by atoms with Crippen molar-refractivity contribution in [2.75, 3.05) is 0 Å².